The van der Waals surface area contributed by atoms with E-state index in [0.717, 1.165) is 11.3 Å². The highest BCUT2D eigenvalue weighted by Crippen LogP contribution is 2.34. The van der Waals surface area contributed by atoms with Gasteiger partial charge in [-0.15, -0.1) is 11.3 Å². The van der Waals surface area contributed by atoms with Crippen molar-refractivity contribution in [2.45, 2.75) is 6.92 Å². The van der Waals surface area contributed by atoms with Crippen LogP contribution in [0.15, 0.2) is 18.3 Å². The maximum Gasteiger partial charge on any atom is 0.348 e. The van der Waals surface area contributed by atoms with Crippen LogP contribution >= 0.6 is 22.9 Å². The monoisotopic (exact) mass is 426 g/mol. The van der Waals surface area contributed by atoms with Crippen molar-refractivity contribution >= 4 is 51.8 Å². The Morgan fingerprint density at radius 1 is 1.11 bits per heavy atom. The molecule has 0 saturated carbocycles. The summed E-state index contributed by atoms with van der Waals surface area (Å²) in [6.07, 6.45) is 1.21. The molecule has 0 unspecified atom stereocenters. The van der Waals surface area contributed by atoms with Crippen molar-refractivity contribution in [2.75, 3.05) is 26.1 Å². The first-order chi connectivity index (χ1) is 13.3. The van der Waals surface area contributed by atoms with E-state index >= 15 is 0 Å². The number of halogens is 1. The molecule has 0 radical (unpaired) electrons. The number of aromatic nitrogens is 1. The van der Waals surface area contributed by atoms with Crippen molar-refractivity contribution in [2.24, 2.45) is 0 Å². The van der Waals surface area contributed by atoms with Crippen LogP contribution in [0.2, 0.25) is 5.15 Å². The minimum atomic E-state index is -0.773. The number of pyridine rings is 1. The molecule has 148 valence electrons. The fraction of sp³-hybridized carbons (Fsp3) is 0.235. The second kappa shape index (κ2) is 9.29. The van der Waals surface area contributed by atoms with Crippen LogP contribution in [0.1, 0.15) is 36.0 Å². The van der Waals surface area contributed by atoms with E-state index in [2.05, 4.69) is 15.0 Å². The van der Waals surface area contributed by atoms with E-state index in [1.807, 2.05) is 0 Å². The normalized spacial score (nSPS) is 10.1. The Morgan fingerprint density at radius 3 is 2.36 bits per heavy atom. The zero-order valence-corrected chi connectivity index (χ0v) is 16.6. The lowest BCUT2D eigenvalue weighted by Gasteiger charge is -2.07. The van der Waals surface area contributed by atoms with Crippen molar-refractivity contribution < 1.29 is 33.4 Å². The summed E-state index contributed by atoms with van der Waals surface area (Å²) in [5.41, 5.74) is 0.449. The minimum absolute atomic E-state index is 0.0227. The summed E-state index contributed by atoms with van der Waals surface area (Å²) >= 11 is 6.49. The topological polar surface area (TPSA) is 121 Å². The molecule has 0 fully saturated rings. The highest BCUT2D eigenvalue weighted by Gasteiger charge is 2.27. The molecular weight excluding hydrogens is 412 g/mol. The average Bonchev–Trinajstić information content (AvgIpc) is 3.01. The van der Waals surface area contributed by atoms with E-state index in [0.29, 0.717) is 5.56 Å². The van der Waals surface area contributed by atoms with Gasteiger partial charge in [0.25, 0.3) is 5.91 Å². The van der Waals surface area contributed by atoms with Crippen LogP contribution in [0, 0.1) is 6.92 Å². The average molecular weight is 427 g/mol. The molecule has 11 heteroatoms. The number of amides is 1. The van der Waals surface area contributed by atoms with Gasteiger partial charge in [-0.25, -0.2) is 19.4 Å². The minimum Gasteiger partial charge on any atom is -0.465 e. The third-order valence-corrected chi connectivity index (χ3v) is 4.87. The van der Waals surface area contributed by atoms with Crippen molar-refractivity contribution in [1.29, 1.82) is 0 Å². The van der Waals surface area contributed by atoms with Crippen LogP contribution in [0.25, 0.3) is 0 Å². The first-order valence-corrected chi connectivity index (χ1v) is 8.86. The maximum atomic E-state index is 12.1. The Bertz CT molecular complexity index is 924. The molecule has 1 amide bonds. The third kappa shape index (κ3) is 4.84. The summed E-state index contributed by atoms with van der Waals surface area (Å²) in [6, 6.07) is 2.81. The number of anilines is 1. The number of hydrogen-bond donors (Lipinski definition) is 1. The summed E-state index contributed by atoms with van der Waals surface area (Å²) in [5.74, 6) is -2.87. The van der Waals surface area contributed by atoms with Crippen molar-refractivity contribution in [3.05, 3.63) is 45.1 Å². The lowest BCUT2D eigenvalue weighted by Crippen LogP contribution is -2.21. The molecule has 2 rings (SSSR count). The predicted molar refractivity (Wildman–Crippen MR) is 99.9 cm³/mol. The van der Waals surface area contributed by atoms with Gasteiger partial charge in [0, 0.05) is 6.20 Å². The summed E-state index contributed by atoms with van der Waals surface area (Å²) in [5, 5.41) is 2.73. The van der Waals surface area contributed by atoms with Crippen LogP contribution in [0.4, 0.5) is 5.00 Å². The second-order valence-corrected chi connectivity index (χ2v) is 6.65. The lowest BCUT2D eigenvalue weighted by molar-refractivity contribution is -0.119. The van der Waals surface area contributed by atoms with Gasteiger partial charge < -0.3 is 19.5 Å². The quantitative estimate of drug-likeness (QED) is 0.424. The molecule has 0 bridgehead atoms. The molecule has 0 aliphatic carbocycles. The Hall–Kier alpha value is -2.98. The zero-order chi connectivity index (χ0) is 20.8. The Balaban J connectivity index is 2.12. The molecule has 1 N–H and O–H groups in total. The van der Waals surface area contributed by atoms with Crippen molar-refractivity contribution in [1.82, 2.24) is 4.98 Å². The van der Waals surface area contributed by atoms with Gasteiger partial charge in [0.1, 0.15) is 15.0 Å². The van der Waals surface area contributed by atoms with Gasteiger partial charge in [-0.05, 0) is 24.6 Å². The molecule has 0 saturated heterocycles. The molecule has 0 atom stereocenters. The van der Waals surface area contributed by atoms with Gasteiger partial charge in [0.05, 0.1) is 25.3 Å². The number of esters is 3. The van der Waals surface area contributed by atoms with Gasteiger partial charge in [-0.3, -0.25) is 4.79 Å². The predicted octanol–water partition coefficient (Wildman–Crippen LogP) is 2.47. The molecule has 28 heavy (non-hydrogen) atoms. The molecule has 0 aromatic carbocycles. The van der Waals surface area contributed by atoms with Crippen LogP contribution in [0.5, 0.6) is 0 Å². The number of ether oxygens (including phenoxy) is 3. The van der Waals surface area contributed by atoms with Crippen molar-refractivity contribution in [3.63, 3.8) is 0 Å². The summed E-state index contributed by atoms with van der Waals surface area (Å²) in [6.45, 7) is 0.908. The Morgan fingerprint density at radius 2 is 1.79 bits per heavy atom. The molecule has 0 aliphatic heterocycles. The Kier molecular flexibility index (Phi) is 7.07. The zero-order valence-electron chi connectivity index (χ0n) is 15.0. The van der Waals surface area contributed by atoms with Gasteiger partial charge in [-0.1, -0.05) is 11.6 Å². The molecule has 9 nitrogen and oxygen atoms in total. The SMILES string of the molecule is COC(=O)c1sc(NC(=O)COC(=O)c2ccc(Cl)nc2)c(C(=O)OC)c1C. The number of rotatable bonds is 6. The van der Waals surface area contributed by atoms with E-state index in [4.69, 9.17) is 21.1 Å². The van der Waals surface area contributed by atoms with E-state index in [9.17, 15) is 19.2 Å². The Labute approximate surface area is 168 Å². The standard InChI is InChI=1S/C17H15ClN2O7S/c1-8-12(16(23)25-2)14(28-13(8)17(24)26-3)20-11(21)7-27-15(22)9-4-5-10(18)19-6-9/h4-6H,7H2,1-3H3,(H,20,21). The van der Waals surface area contributed by atoms with Gasteiger partial charge in [0.2, 0.25) is 0 Å². The number of methoxy groups -OCH3 is 2. The van der Waals surface area contributed by atoms with Gasteiger partial charge >= 0.3 is 17.9 Å². The fourth-order valence-electron chi connectivity index (χ4n) is 2.11. The summed E-state index contributed by atoms with van der Waals surface area (Å²) in [7, 11) is 2.37. The number of carbonyl (C=O) groups is 4. The van der Waals surface area contributed by atoms with E-state index < -0.39 is 30.4 Å². The van der Waals surface area contributed by atoms with Crippen LogP contribution in [-0.4, -0.2) is 49.6 Å². The lowest BCUT2D eigenvalue weighted by atomic mass is 10.1. The maximum absolute atomic E-state index is 12.1. The number of thiophene rings is 1. The molecule has 2 aromatic heterocycles. The first kappa shape index (κ1) is 21.3. The number of carbonyl (C=O) groups excluding carboxylic acids is 4. The highest BCUT2D eigenvalue weighted by molar-refractivity contribution is 7.18. The first-order valence-electron chi connectivity index (χ1n) is 7.67. The molecular formula is C17H15ClN2O7S. The van der Waals surface area contributed by atoms with Gasteiger partial charge in [-0.2, -0.15) is 0 Å². The largest absolute Gasteiger partial charge is 0.465 e. The summed E-state index contributed by atoms with van der Waals surface area (Å²) in [4.78, 5) is 51.8. The van der Waals surface area contributed by atoms with Crippen LogP contribution in [0.3, 0.4) is 0 Å². The van der Waals surface area contributed by atoms with Crippen LogP contribution in [-0.2, 0) is 19.0 Å². The molecule has 2 aromatic rings. The van der Waals surface area contributed by atoms with Crippen molar-refractivity contribution in [3.8, 4) is 0 Å². The number of hydrogen-bond acceptors (Lipinski definition) is 9. The third-order valence-electron chi connectivity index (χ3n) is 3.46. The van der Waals surface area contributed by atoms with E-state index in [1.165, 1.54) is 39.5 Å². The highest BCUT2D eigenvalue weighted by atomic mass is 35.5. The second-order valence-electron chi connectivity index (χ2n) is 5.24. The fourth-order valence-corrected chi connectivity index (χ4v) is 3.35. The number of nitrogens with one attached hydrogen (secondary N) is 1. The number of nitrogens with zero attached hydrogens (tertiary/aromatic N) is 1. The molecule has 2 heterocycles. The van der Waals surface area contributed by atoms with E-state index in [1.54, 1.807) is 0 Å². The van der Waals surface area contributed by atoms with Crippen LogP contribution < -0.4 is 5.32 Å². The van der Waals surface area contributed by atoms with Gasteiger partial charge in [0.15, 0.2) is 6.61 Å². The van der Waals surface area contributed by atoms with E-state index in [-0.39, 0.29) is 26.2 Å². The molecule has 0 spiro atoms. The smallest absolute Gasteiger partial charge is 0.348 e. The molecule has 0 aliphatic rings. The summed E-state index contributed by atoms with van der Waals surface area (Å²) < 4.78 is 14.3.